The average molecular weight is 489 g/mol. The van der Waals surface area contributed by atoms with E-state index < -0.39 is 0 Å². The van der Waals surface area contributed by atoms with Crippen LogP contribution in [0.25, 0.3) is 66.6 Å². The second-order valence-electron chi connectivity index (χ2n) is 8.91. The minimum atomic E-state index is 0.842. The Morgan fingerprint density at radius 3 is 1.00 bits per heavy atom. The van der Waals surface area contributed by atoms with Crippen LogP contribution in [0.5, 0.6) is 0 Å². The molecule has 6 aromatic heterocycles. The van der Waals surface area contributed by atoms with Crippen LogP contribution in [0.4, 0.5) is 0 Å². The van der Waals surface area contributed by atoms with Gasteiger partial charge in [0.05, 0.1) is 22.4 Å². The summed E-state index contributed by atoms with van der Waals surface area (Å²) in [5, 5.41) is 2.06. The Kier molecular flexibility index (Phi) is 5.33. The fraction of sp³-hybridized carbons (Fsp3) is 0. The molecule has 0 unspecified atom stereocenters. The van der Waals surface area contributed by atoms with Gasteiger partial charge in [0, 0.05) is 71.5 Å². The van der Waals surface area contributed by atoms with Gasteiger partial charge in [-0.3, -0.25) is 19.9 Å². The van der Waals surface area contributed by atoms with Gasteiger partial charge in [0.2, 0.25) is 0 Å². The van der Waals surface area contributed by atoms with E-state index in [1.54, 1.807) is 24.8 Å². The zero-order valence-corrected chi connectivity index (χ0v) is 20.2. The number of hydrogen-bond donors (Lipinski definition) is 0. The molecule has 0 saturated carbocycles. The Morgan fingerprint density at radius 1 is 0.342 bits per heavy atom. The van der Waals surface area contributed by atoms with Gasteiger partial charge in [-0.2, -0.15) is 0 Å². The predicted molar refractivity (Wildman–Crippen MR) is 150 cm³/mol. The van der Waals surface area contributed by atoms with Gasteiger partial charge >= 0.3 is 0 Å². The highest BCUT2D eigenvalue weighted by Gasteiger charge is 2.17. The fourth-order valence-electron chi connectivity index (χ4n) is 4.86. The smallest absolute Gasteiger partial charge is 0.0978 e. The molecule has 0 spiro atoms. The summed E-state index contributed by atoms with van der Waals surface area (Å²) in [4.78, 5) is 27.2. The SMILES string of the molecule is c1cc(-c2cc(-c3ccncc3)c3ccc4c(-c5ccncc5)cc(-c5ccncc5)nc4c3n2)ccn1. The number of fused-ring (bicyclic) bond motifs is 3. The highest BCUT2D eigenvalue weighted by Crippen LogP contribution is 2.39. The summed E-state index contributed by atoms with van der Waals surface area (Å²) in [7, 11) is 0. The third-order valence-electron chi connectivity index (χ3n) is 6.69. The van der Waals surface area contributed by atoms with E-state index in [2.05, 4.69) is 44.2 Å². The molecular formula is C32H20N6. The van der Waals surface area contributed by atoms with Crippen LogP contribution in [-0.2, 0) is 0 Å². The van der Waals surface area contributed by atoms with Crippen LogP contribution in [-0.4, -0.2) is 29.9 Å². The van der Waals surface area contributed by atoms with Crippen molar-refractivity contribution in [2.24, 2.45) is 0 Å². The molecule has 0 bridgehead atoms. The summed E-state index contributed by atoms with van der Waals surface area (Å²) < 4.78 is 0. The maximum absolute atomic E-state index is 5.20. The maximum Gasteiger partial charge on any atom is 0.0978 e. The maximum atomic E-state index is 5.20. The molecule has 38 heavy (non-hydrogen) atoms. The molecule has 178 valence electrons. The quantitative estimate of drug-likeness (QED) is 0.248. The normalized spacial score (nSPS) is 11.2. The molecule has 0 radical (unpaired) electrons. The number of aromatic nitrogens is 6. The first-order chi connectivity index (χ1) is 18.8. The van der Waals surface area contributed by atoms with Crippen LogP contribution < -0.4 is 0 Å². The first kappa shape index (κ1) is 21.9. The van der Waals surface area contributed by atoms with Gasteiger partial charge in [0.1, 0.15) is 0 Å². The summed E-state index contributed by atoms with van der Waals surface area (Å²) in [6.45, 7) is 0. The minimum absolute atomic E-state index is 0.842. The van der Waals surface area contributed by atoms with E-state index in [1.807, 2.05) is 73.3 Å². The van der Waals surface area contributed by atoms with Crippen molar-refractivity contribution in [2.75, 3.05) is 0 Å². The molecule has 0 aliphatic heterocycles. The standard InChI is InChI=1S/C32H20N6/c1-2-26-28(22-5-13-34-14-6-22)20-30(24-9-17-36-18-10-24)38-32(26)31-25(1)27(21-3-11-33-12-4-21)19-29(37-31)23-7-15-35-16-8-23/h1-20H. The van der Waals surface area contributed by atoms with Crippen LogP contribution in [0.1, 0.15) is 0 Å². The molecule has 0 aliphatic carbocycles. The lowest BCUT2D eigenvalue weighted by atomic mass is 9.94. The van der Waals surface area contributed by atoms with Crippen molar-refractivity contribution in [3.8, 4) is 44.8 Å². The number of rotatable bonds is 4. The highest BCUT2D eigenvalue weighted by molar-refractivity contribution is 6.13. The van der Waals surface area contributed by atoms with Gasteiger partial charge in [-0.1, -0.05) is 12.1 Å². The summed E-state index contributed by atoms with van der Waals surface area (Å²) >= 11 is 0. The van der Waals surface area contributed by atoms with E-state index in [1.165, 1.54) is 0 Å². The highest BCUT2D eigenvalue weighted by atomic mass is 14.8. The first-order valence-corrected chi connectivity index (χ1v) is 12.3. The zero-order valence-electron chi connectivity index (χ0n) is 20.2. The third kappa shape index (κ3) is 3.85. The summed E-state index contributed by atoms with van der Waals surface area (Å²) in [5.74, 6) is 0. The van der Waals surface area contributed by atoms with Crippen molar-refractivity contribution in [2.45, 2.75) is 0 Å². The van der Waals surface area contributed by atoms with Crippen molar-refractivity contribution in [3.63, 3.8) is 0 Å². The van der Waals surface area contributed by atoms with E-state index in [4.69, 9.17) is 9.97 Å². The van der Waals surface area contributed by atoms with Crippen molar-refractivity contribution in [3.05, 3.63) is 122 Å². The Hall–Kier alpha value is -5.36. The number of pyridine rings is 6. The van der Waals surface area contributed by atoms with Crippen molar-refractivity contribution in [1.29, 1.82) is 0 Å². The van der Waals surface area contributed by atoms with E-state index >= 15 is 0 Å². The predicted octanol–water partition coefficient (Wildman–Crippen LogP) is 7.03. The molecule has 0 aliphatic rings. The minimum Gasteiger partial charge on any atom is -0.265 e. The Balaban J connectivity index is 1.62. The Bertz CT molecular complexity index is 1750. The van der Waals surface area contributed by atoms with E-state index in [-0.39, 0.29) is 0 Å². The third-order valence-corrected chi connectivity index (χ3v) is 6.69. The zero-order chi connectivity index (χ0) is 25.3. The average Bonchev–Trinajstić information content (AvgIpc) is 3.01. The number of nitrogens with zero attached hydrogens (tertiary/aromatic N) is 6. The molecular weight excluding hydrogens is 468 g/mol. The fourth-order valence-corrected chi connectivity index (χ4v) is 4.86. The topological polar surface area (TPSA) is 77.3 Å². The lowest BCUT2D eigenvalue weighted by molar-refractivity contribution is 1.30. The molecule has 7 aromatic rings. The molecule has 0 N–H and O–H groups in total. The van der Waals surface area contributed by atoms with Gasteiger partial charge < -0.3 is 0 Å². The molecule has 0 saturated heterocycles. The van der Waals surface area contributed by atoms with Crippen molar-refractivity contribution >= 4 is 21.8 Å². The lowest BCUT2D eigenvalue weighted by Gasteiger charge is -2.15. The molecule has 0 atom stereocenters. The molecule has 6 heterocycles. The van der Waals surface area contributed by atoms with Crippen LogP contribution in [0.15, 0.2) is 122 Å². The number of hydrogen-bond acceptors (Lipinski definition) is 6. The second kappa shape index (κ2) is 9.26. The van der Waals surface area contributed by atoms with Gasteiger partial charge in [0.25, 0.3) is 0 Å². The van der Waals surface area contributed by atoms with E-state index in [0.717, 1.165) is 66.6 Å². The van der Waals surface area contributed by atoms with E-state index in [9.17, 15) is 0 Å². The van der Waals surface area contributed by atoms with Gasteiger partial charge in [-0.05, 0) is 82.9 Å². The van der Waals surface area contributed by atoms with Crippen LogP contribution >= 0.6 is 0 Å². The molecule has 1 aromatic carbocycles. The summed E-state index contributed by atoms with van der Waals surface area (Å²) in [5.41, 5.74) is 9.69. The summed E-state index contributed by atoms with van der Waals surface area (Å²) in [6, 6.07) is 24.6. The lowest BCUT2D eigenvalue weighted by Crippen LogP contribution is -1.96. The molecule has 0 fully saturated rings. The Morgan fingerprint density at radius 2 is 0.658 bits per heavy atom. The van der Waals surface area contributed by atoms with Crippen molar-refractivity contribution in [1.82, 2.24) is 29.9 Å². The van der Waals surface area contributed by atoms with Gasteiger partial charge in [-0.25, -0.2) is 9.97 Å². The molecule has 7 rings (SSSR count). The van der Waals surface area contributed by atoms with E-state index in [0.29, 0.717) is 0 Å². The first-order valence-electron chi connectivity index (χ1n) is 12.3. The molecule has 0 amide bonds. The summed E-state index contributed by atoms with van der Waals surface area (Å²) in [6.07, 6.45) is 14.4. The van der Waals surface area contributed by atoms with Gasteiger partial charge in [0.15, 0.2) is 0 Å². The van der Waals surface area contributed by atoms with Crippen molar-refractivity contribution < 1.29 is 0 Å². The molecule has 6 heteroatoms. The van der Waals surface area contributed by atoms with Gasteiger partial charge in [-0.15, -0.1) is 0 Å². The Labute approximate surface area is 218 Å². The number of benzene rings is 1. The van der Waals surface area contributed by atoms with Crippen LogP contribution in [0.2, 0.25) is 0 Å². The second-order valence-corrected chi connectivity index (χ2v) is 8.91. The largest absolute Gasteiger partial charge is 0.265 e. The molecule has 6 nitrogen and oxygen atoms in total. The van der Waals surface area contributed by atoms with Crippen LogP contribution in [0, 0.1) is 0 Å². The monoisotopic (exact) mass is 488 g/mol. The van der Waals surface area contributed by atoms with Crippen LogP contribution in [0.3, 0.4) is 0 Å².